The maximum atomic E-state index is 12.9. The Kier molecular flexibility index (Phi) is 4.26. The predicted molar refractivity (Wildman–Crippen MR) is 98.5 cm³/mol. The summed E-state index contributed by atoms with van der Waals surface area (Å²) in [7, 11) is -3.38. The summed E-state index contributed by atoms with van der Waals surface area (Å²) >= 11 is 0. The van der Waals surface area contributed by atoms with Gasteiger partial charge in [-0.2, -0.15) is 0 Å². The molecule has 0 bridgehead atoms. The van der Waals surface area contributed by atoms with Gasteiger partial charge < -0.3 is 0 Å². The lowest BCUT2D eigenvalue weighted by atomic mass is 10.1. The minimum absolute atomic E-state index is 0.132. The van der Waals surface area contributed by atoms with E-state index in [1.165, 1.54) is 16.8 Å². The number of aromatic nitrogens is 3. The number of nitrogens with zero attached hydrogens (tertiary/aromatic N) is 3. The first-order valence-electron chi connectivity index (χ1n) is 7.70. The Hall–Kier alpha value is -3.18. The Bertz CT molecular complexity index is 1200. The van der Waals surface area contributed by atoms with E-state index in [1.54, 1.807) is 38.1 Å². The topological polar surface area (TPSA) is 89.2 Å². The molecule has 0 aliphatic heterocycles. The van der Waals surface area contributed by atoms with Gasteiger partial charge in [-0.1, -0.05) is 24.3 Å². The summed E-state index contributed by atoms with van der Waals surface area (Å²) in [6, 6.07) is 9.69. The van der Waals surface area contributed by atoms with Crippen LogP contribution in [0.4, 0.5) is 5.69 Å². The Morgan fingerprint density at radius 2 is 1.77 bits per heavy atom. The molecule has 0 atom stereocenters. The van der Waals surface area contributed by atoms with E-state index in [1.807, 2.05) is 0 Å². The molecule has 0 radical (unpaired) electrons. The van der Waals surface area contributed by atoms with Crippen LogP contribution in [0, 0.1) is 20.4 Å². The molecule has 0 saturated carbocycles. The summed E-state index contributed by atoms with van der Waals surface area (Å²) in [6.45, 7) is 10.4. The van der Waals surface area contributed by atoms with Crippen LogP contribution < -0.4 is 5.56 Å². The monoisotopic (exact) mass is 368 g/mol. The van der Waals surface area contributed by atoms with Crippen molar-refractivity contribution in [3.8, 4) is 16.9 Å². The molecule has 1 aromatic carbocycles. The second kappa shape index (κ2) is 6.28. The van der Waals surface area contributed by atoms with E-state index >= 15 is 0 Å². The third-order valence-corrected chi connectivity index (χ3v) is 5.24. The Morgan fingerprint density at radius 3 is 2.31 bits per heavy atom. The van der Waals surface area contributed by atoms with Crippen LogP contribution in [0.3, 0.4) is 0 Å². The van der Waals surface area contributed by atoms with Gasteiger partial charge in [-0.05, 0) is 31.5 Å². The molecule has 0 saturated heterocycles. The molecule has 0 aliphatic rings. The highest BCUT2D eigenvalue weighted by Crippen LogP contribution is 2.23. The zero-order valence-corrected chi connectivity index (χ0v) is 15.3. The number of hydrogen-bond acceptors (Lipinski definition) is 4. The fraction of sp³-hybridized carbons (Fsp3) is 0.167. The maximum Gasteiger partial charge on any atom is 0.280 e. The number of H-pyrrole nitrogens is 1. The van der Waals surface area contributed by atoms with Gasteiger partial charge in [0.2, 0.25) is 0 Å². The number of hydrogen-bond donors (Lipinski definition) is 1. The van der Waals surface area contributed by atoms with Gasteiger partial charge in [0, 0.05) is 11.9 Å². The van der Waals surface area contributed by atoms with Crippen molar-refractivity contribution in [1.29, 1.82) is 0 Å². The van der Waals surface area contributed by atoms with Gasteiger partial charge >= 0.3 is 0 Å². The normalized spacial score (nSPS) is 11.3. The summed E-state index contributed by atoms with van der Waals surface area (Å²) in [5.41, 5.74) is 2.35. The number of benzene rings is 1. The van der Waals surface area contributed by atoms with Crippen LogP contribution in [0.15, 0.2) is 46.1 Å². The lowest BCUT2D eigenvalue weighted by Crippen LogP contribution is -2.17. The van der Waals surface area contributed by atoms with Gasteiger partial charge in [-0.3, -0.25) is 9.89 Å². The van der Waals surface area contributed by atoms with Crippen molar-refractivity contribution in [1.82, 2.24) is 14.8 Å². The van der Waals surface area contributed by atoms with Gasteiger partial charge in [0.1, 0.15) is 0 Å². The van der Waals surface area contributed by atoms with Crippen molar-refractivity contribution in [2.75, 3.05) is 6.26 Å². The second-order valence-electron chi connectivity index (χ2n) is 5.94. The van der Waals surface area contributed by atoms with E-state index in [2.05, 4.69) is 14.9 Å². The summed E-state index contributed by atoms with van der Waals surface area (Å²) < 4.78 is 24.7. The molecule has 1 N–H and O–H groups in total. The smallest absolute Gasteiger partial charge is 0.280 e. The van der Waals surface area contributed by atoms with Crippen molar-refractivity contribution >= 4 is 15.5 Å². The average Bonchev–Trinajstić information content (AvgIpc) is 2.88. The second-order valence-corrected chi connectivity index (χ2v) is 7.92. The first kappa shape index (κ1) is 17.6. The molecule has 2 heterocycles. The lowest BCUT2D eigenvalue weighted by molar-refractivity contribution is 0.600. The Balaban J connectivity index is 2.13. The van der Waals surface area contributed by atoms with Crippen molar-refractivity contribution in [3.63, 3.8) is 0 Å². The van der Waals surface area contributed by atoms with Gasteiger partial charge in [0.05, 0.1) is 22.7 Å². The van der Waals surface area contributed by atoms with Crippen LogP contribution in [-0.2, 0) is 9.84 Å². The zero-order chi connectivity index (χ0) is 19.1. The molecule has 0 unspecified atom stereocenters. The molecular formula is C18H16N4O3S. The molecule has 0 amide bonds. The van der Waals surface area contributed by atoms with Crippen LogP contribution in [0.2, 0.25) is 0 Å². The largest absolute Gasteiger partial charge is 0.293 e. The van der Waals surface area contributed by atoms with Crippen LogP contribution >= 0.6 is 0 Å². The summed E-state index contributed by atoms with van der Waals surface area (Å²) in [4.78, 5) is 20.6. The van der Waals surface area contributed by atoms with E-state index in [0.29, 0.717) is 34.0 Å². The molecule has 8 heteroatoms. The molecule has 0 spiro atoms. The molecule has 2 aromatic heterocycles. The van der Waals surface area contributed by atoms with E-state index in [9.17, 15) is 13.2 Å². The molecule has 3 aromatic rings. The SMILES string of the molecule is [C-]#[N+]c1ccc(-c2c(C)[nH]n(-c3ccc(S(C)(=O)=O)c(C)n3)c2=O)cc1. The highest BCUT2D eigenvalue weighted by atomic mass is 32.2. The molecule has 7 nitrogen and oxygen atoms in total. The average molecular weight is 368 g/mol. The molecule has 132 valence electrons. The summed E-state index contributed by atoms with van der Waals surface area (Å²) in [5, 5.41) is 2.97. The van der Waals surface area contributed by atoms with Crippen LogP contribution in [-0.4, -0.2) is 29.4 Å². The standard InChI is InChI=1S/C18H16N4O3S/c1-11-15(26(4,24)25)9-10-16(20-11)22-18(23)17(12(2)21-22)13-5-7-14(19-3)8-6-13/h5-10,21H,1-2,4H3. The van der Waals surface area contributed by atoms with Crippen molar-refractivity contribution in [2.45, 2.75) is 18.7 Å². The van der Waals surface area contributed by atoms with Crippen molar-refractivity contribution < 1.29 is 8.42 Å². The van der Waals surface area contributed by atoms with E-state index in [-0.39, 0.29) is 10.5 Å². The third kappa shape index (κ3) is 3.05. The predicted octanol–water partition coefficient (Wildman–Crippen LogP) is 2.80. The number of pyridine rings is 1. The first-order chi connectivity index (χ1) is 12.2. The van der Waals surface area contributed by atoms with E-state index < -0.39 is 9.84 Å². The number of rotatable bonds is 3. The minimum Gasteiger partial charge on any atom is -0.293 e. The van der Waals surface area contributed by atoms with E-state index in [4.69, 9.17) is 6.57 Å². The first-order valence-corrected chi connectivity index (χ1v) is 9.59. The van der Waals surface area contributed by atoms with Crippen LogP contribution in [0.1, 0.15) is 11.4 Å². The van der Waals surface area contributed by atoms with E-state index in [0.717, 1.165) is 6.26 Å². The highest BCUT2D eigenvalue weighted by molar-refractivity contribution is 7.90. The van der Waals surface area contributed by atoms with Crippen molar-refractivity contribution in [2.24, 2.45) is 0 Å². The molecule has 0 aliphatic carbocycles. The molecular weight excluding hydrogens is 352 g/mol. The Labute approximate surface area is 150 Å². The van der Waals surface area contributed by atoms with Gasteiger partial charge in [-0.25, -0.2) is 22.9 Å². The van der Waals surface area contributed by atoms with Gasteiger partial charge in [-0.15, -0.1) is 0 Å². The molecule has 3 rings (SSSR count). The molecule has 26 heavy (non-hydrogen) atoms. The van der Waals surface area contributed by atoms with Gasteiger partial charge in [0.25, 0.3) is 5.56 Å². The quantitative estimate of drug-likeness (QED) is 0.720. The Morgan fingerprint density at radius 1 is 1.12 bits per heavy atom. The summed E-state index contributed by atoms with van der Waals surface area (Å²) in [6.07, 6.45) is 1.12. The van der Waals surface area contributed by atoms with Crippen LogP contribution in [0.5, 0.6) is 0 Å². The fourth-order valence-electron chi connectivity index (χ4n) is 2.80. The third-order valence-electron chi connectivity index (χ3n) is 4.01. The van der Waals surface area contributed by atoms with Gasteiger partial charge in [0.15, 0.2) is 21.3 Å². The van der Waals surface area contributed by atoms with Crippen molar-refractivity contribution in [3.05, 3.63) is 69.6 Å². The van der Waals surface area contributed by atoms with Crippen LogP contribution in [0.25, 0.3) is 21.8 Å². The number of nitrogens with one attached hydrogen (secondary N) is 1. The number of sulfone groups is 1. The maximum absolute atomic E-state index is 12.9. The zero-order valence-electron chi connectivity index (χ0n) is 14.4. The minimum atomic E-state index is -3.38. The molecule has 0 fully saturated rings. The highest BCUT2D eigenvalue weighted by Gasteiger charge is 2.17. The fourth-order valence-corrected chi connectivity index (χ4v) is 3.70. The number of aromatic amines is 1. The summed E-state index contributed by atoms with van der Waals surface area (Å²) in [5.74, 6) is 0.312. The lowest BCUT2D eigenvalue weighted by Gasteiger charge is -2.06. The number of aryl methyl sites for hydroxylation is 2.